The molecule has 1 aromatic rings. The van der Waals surface area contributed by atoms with Gasteiger partial charge >= 0.3 is 0 Å². The zero-order chi connectivity index (χ0) is 16.5. The van der Waals surface area contributed by atoms with Gasteiger partial charge in [0.1, 0.15) is 0 Å². The number of carbonyl (C=O) groups excluding carboxylic acids is 1. The van der Waals surface area contributed by atoms with E-state index < -0.39 is 15.6 Å². The molecule has 7 heteroatoms. The largest absolute Gasteiger partial charge is 0.388 e. The molecule has 1 heterocycles. The number of hydrogen-bond acceptors (Lipinski definition) is 4. The van der Waals surface area contributed by atoms with E-state index in [-0.39, 0.29) is 10.8 Å². The number of amides is 1. The van der Waals surface area contributed by atoms with E-state index in [1.165, 1.54) is 38.4 Å². The van der Waals surface area contributed by atoms with Gasteiger partial charge in [0.2, 0.25) is 10.0 Å². The highest BCUT2D eigenvalue weighted by molar-refractivity contribution is 7.89. The summed E-state index contributed by atoms with van der Waals surface area (Å²) < 4.78 is 25.1. The van der Waals surface area contributed by atoms with Crippen LogP contribution in [-0.2, 0) is 10.0 Å². The Morgan fingerprint density at radius 1 is 1.27 bits per heavy atom. The monoisotopic (exact) mass is 326 g/mol. The topological polar surface area (TPSA) is 77.9 Å². The lowest BCUT2D eigenvalue weighted by Crippen LogP contribution is -2.48. The Labute approximate surface area is 131 Å². The summed E-state index contributed by atoms with van der Waals surface area (Å²) in [6, 6.07) is 5.90. The highest BCUT2D eigenvalue weighted by Gasteiger charge is 2.31. The molecule has 1 fully saturated rings. The molecule has 122 valence electrons. The lowest BCUT2D eigenvalue weighted by Gasteiger charge is -2.36. The van der Waals surface area contributed by atoms with Crippen LogP contribution in [-0.4, -0.2) is 61.4 Å². The maximum absolute atomic E-state index is 12.4. The molecule has 0 aromatic heterocycles. The molecular weight excluding hydrogens is 304 g/mol. The molecule has 22 heavy (non-hydrogen) atoms. The molecular formula is C15H22N2O4S. The van der Waals surface area contributed by atoms with E-state index in [9.17, 15) is 18.3 Å². The highest BCUT2D eigenvalue weighted by Crippen LogP contribution is 2.22. The van der Waals surface area contributed by atoms with Crippen LogP contribution in [0.5, 0.6) is 0 Å². The third-order valence-electron chi connectivity index (χ3n) is 3.84. The van der Waals surface area contributed by atoms with Gasteiger partial charge in [-0.15, -0.1) is 0 Å². The van der Waals surface area contributed by atoms with Gasteiger partial charge in [-0.1, -0.05) is 0 Å². The quantitative estimate of drug-likeness (QED) is 0.896. The van der Waals surface area contributed by atoms with Gasteiger partial charge in [-0.05, 0) is 44.0 Å². The van der Waals surface area contributed by atoms with E-state index in [2.05, 4.69) is 0 Å². The van der Waals surface area contributed by atoms with E-state index >= 15 is 0 Å². The second-order valence-electron chi connectivity index (χ2n) is 6.14. The minimum absolute atomic E-state index is 0.152. The summed E-state index contributed by atoms with van der Waals surface area (Å²) in [5, 5.41) is 10.1. The van der Waals surface area contributed by atoms with Crippen LogP contribution in [0.4, 0.5) is 0 Å². The predicted molar refractivity (Wildman–Crippen MR) is 83.1 cm³/mol. The molecule has 1 aliphatic heterocycles. The lowest BCUT2D eigenvalue weighted by molar-refractivity contribution is -0.0107. The third kappa shape index (κ3) is 3.48. The van der Waals surface area contributed by atoms with Gasteiger partial charge in [0, 0.05) is 32.7 Å². The van der Waals surface area contributed by atoms with E-state index in [4.69, 9.17) is 0 Å². The van der Waals surface area contributed by atoms with Crippen LogP contribution in [0.3, 0.4) is 0 Å². The Hall–Kier alpha value is -1.44. The van der Waals surface area contributed by atoms with Crippen molar-refractivity contribution >= 4 is 15.9 Å². The maximum Gasteiger partial charge on any atom is 0.253 e. The van der Waals surface area contributed by atoms with Crippen molar-refractivity contribution in [3.05, 3.63) is 29.8 Å². The smallest absolute Gasteiger partial charge is 0.253 e. The summed E-state index contributed by atoms with van der Waals surface area (Å²) in [6.45, 7) is 2.62. The number of likely N-dealkylation sites (tertiary alicyclic amines) is 1. The lowest BCUT2D eigenvalue weighted by atomic mass is 9.94. The Morgan fingerprint density at radius 3 is 2.36 bits per heavy atom. The fourth-order valence-corrected chi connectivity index (χ4v) is 3.46. The van der Waals surface area contributed by atoms with Gasteiger partial charge in [0.25, 0.3) is 5.91 Å². The maximum atomic E-state index is 12.4. The van der Waals surface area contributed by atoms with Crippen LogP contribution in [0.2, 0.25) is 0 Å². The second-order valence-corrected chi connectivity index (χ2v) is 8.29. The molecule has 1 N–H and O–H groups in total. The van der Waals surface area contributed by atoms with Gasteiger partial charge in [0.15, 0.2) is 0 Å². The molecule has 1 unspecified atom stereocenters. The Kier molecular flexibility index (Phi) is 4.60. The van der Waals surface area contributed by atoms with Crippen molar-refractivity contribution in [3.63, 3.8) is 0 Å². The molecule has 0 bridgehead atoms. The van der Waals surface area contributed by atoms with E-state index in [1.54, 1.807) is 11.8 Å². The molecule has 0 spiro atoms. The first-order chi connectivity index (χ1) is 10.1. The number of hydrogen-bond donors (Lipinski definition) is 1. The molecule has 0 radical (unpaired) electrons. The highest BCUT2D eigenvalue weighted by atomic mass is 32.2. The van der Waals surface area contributed by atoms with E-state index in [0.717, 1.165) is 10.7 Å². The fraction of sp³-hybridized carbons (Fsp3) is 0.533. The number of rotatable bonds is 3. The van der Waals surface area contributed by atoms with Crippen LogP contribution in [0, 0.1) is 0 Å². The third-order valence-corrected chi connectivity index (χ3v) is 5.67. The number of nitrogens with zero attached hydrogens (tertiary/aromatic N) is 2. The number of benzene rings is 1. The van der Waals surface area contributed by atoms with Gasteiger partial charge in [0.05, 0.1) is 10.5 Å². The van der Waals surface area contributed by atoms with Gasteiger partial charge < -0.3 is 10.0 Å². The first kappa shape index (κ1) is 16.9. The molecule has 2 rings (SSSR count). The Balaban J connectivity index is 2.19. The summed E-state index contributed by atoms with van der Waals surface area (Å²) in [4.78, 5) is 14.2. The number of carbonyl (C=O) groups is 1. The van der Waals surface area contributed by atoms with Crippen molar-refractivity contribution in [2.24, 2.45) is 0 Å². The molecule has 0 aliphatic carbocycles. The average Bonchev–Trinajstić information content (AvgIpc) is 2.45. The number of sulfonamides is 1. The molecule has 1 saturated heterocycles. The minimum Gasteiger partial charge on any atom is -0.388 e. The first-order valence-corrected chi connectivity index (χ1v) is 8.62. The van der Waals surface area contributed by atoms with Crippen molar-refractivity contribution in [2.45, 2.75) is 30.3 Å². The van der Waals surface area contributed by atoms with Crippen molar-refractivity contribution < 1.29 is 18.3 Å². The van der Waals surface area contributed by atoms with E-state index in [1.807, 2.05) is 0 Å². The number of aliphatic hydroxyl groups is 1. The van der Waals surface area contributed by atoms with Crippen LogP contribution in [0.25, 0.3) is 0 Å². The van der Waals surface area contributed by atoms with Crippen molar-refractivity contribution in [2.75, 3.05) is 27.2 Å². The summed E-state index contributed by atoms with van der Waals surface area (Å²) >= 11 is 0. The molecule has 1 atom stereocenters. The summed E-state index contributed by atoms with van der Waals surface area (Å²) in [6.07, 6.45) is 1.43. The molecule has 6 nitrogen and oxygen atoms in total. The fourth-order valence-electron chi connectivity index (χ4n) is 2.56. The molecule has 0 saturated carbocycles. The van der Waals surface area contributed by atoms with Crippen LogP contribution >= 0.6 is 0 Å². The van der Waals surface area contributed by atoms with Crippen LogP contribution < -0.4 is 0 Å². The number of β-amino-alcohol motifs (C(OH)–C–C–N with tert-alkyl or cyclic N) is 1. The molecule has 1 aliphatic rings. The normalized spacial score (nSPS) is 22.9. The van der Waals surface area contributed by atoms with Gasteiger partial charge in [-0.25, -0.2) is 12.7 Å². The minimum atomic E-state index is -3.49. The van der Waals surface area contributed by atoms with Crippen molar-refractivity contribution in [3.8, 4) is 0 Å². The van der Waals surface area contributed by atoms with Crippen molar-refractivity contribution in [1.29, 1.82) is 0 Å². The van der Waals surface area contributed by atoms with Crippen LogP contribution in [0.1, 0.15) is 30.1 Å². The van der Waals surface area contributed by atoms with Crippen LogP contribution in [0.15, 0.2) is 29.2 Å². The average molecular weight is 326 g/mol. The zero-order valence-electron chi connectivity index (χ0n) is 13.1. The number of piperidine rings is 1. The van der Waals surface area contributed by atoms with Crippen molar-refractivity contribution in [1.82, 2.24) is 9.21 Å². The second kappa shape index (κ2) is 5.98. The SMILES string of the molecule is CN(C)S(=O)(=O)c1ccc(C(=O)N2CCCC(C)(O)C2)cc1. The molecule has 1 amide bonds. The molecule has 1 aromatic carbocycles. The Bertz CT molecular complexity index is 651. The van der Waals surface area contributed by atoms with E-state index in [0.29, 0.717) is 25.1 Å². The standard InChI is InChI=1S/C15H22N2O4S/c1-15(19)9-4-10-17(11-15)14(18)12-5-7-13(8-6-12)22(20,21)16(2)3/h5-8,19H,4,9-11H2,1-3H3. The zero-order valence-corrected chi connectivity index (χ0v) is 13.9. The first-order valence-electron chi connectivity index (χ1n) is 7.18. The van der Waals surface area contributed by atoms with Gasteiger partial charge in [-0.2, -0.15) is 0 Å². The van der Waals surface area contributed by atoms with Gasteiger partial charge in [-0.3, -0.25) is 4.79 Å². The Morgan fingerprint density at radius 2 is 1.86 bits per heavy atom. The summed E-state index contributed by atoms with van der Waals surface area (Å²) in [7, 11) is -0.569. The summed E-state index contributed by atoms with van der Waals surface area (Å²) in [5.74, 6) is -0.186. The predicted octanol–water partition coefficient (Wildman–Crippen LogP) is 0.924. The summed E-state index contributed by atoms with van der Waals surface area (Å²) in [5.41, 5.74) is -0.433.